The van der Waals surface area contributed by atoms with Crippen LogP contribution in [0, 0.1) is 0 Å². The Hall–Kier alpha value is -2.89. The molecular weight excluding hydrogens is 414 g/mol. The average Bonchev–Trinajstić information content (AvgIpc) is 2.79. The highest BCUT2D eigenvalue weighted by atomic mass is 35.5. The number of phenols is 1. The molecule has 0 aliphatic carbocycles. The maximum atomic E-state index is 10.5. The molecule has 1 aliphatic rings. The van der Waals surface area contributed by atoms with E-state index in [4.69, 9.17) is 25.8 Å². The number of halogens is 1. The fraction of sp³-hybridized carbons (Fsp3) is 0.280. The molecule has 1 heterocycles. The van der Waals surface area contributed by atoms with Crippen molar-refractivity contribution in [3.8, 4) is 23.0 Å². The van der Waals surface area contributed by atoms with Crippen LogP contribution in [0.5, 0.6) is 23.0 Å². The van der Waals surface area contributed by atoms with Gasteiger partial charge in [0.25, 0.3) is 0 Å². The van der Waals surface area contributed by atoms with Gasteiger partial charge in [0.2, 0.25) is 0 Å². The first-order valence-electron chi connectivity index (χ1n) is 10.1. The molecule has 0 aromatic heterocycles. The Kier molecular flexibility index (Phi) is 6.25. The van der Waals surface area contributed by atoms with Gasteiger partial charge < -0.3 is 19.3 Å². The van der Waals surface area contributed by atoms with Crippen LogP contribution in [0.1, 0.15) is 28.3 Å². The second-order valence-electron chi connectivity index (χ2n) is 7.58. The highest BCUT2D eigenvalue weighted by Gasteiger charge is 2.31. The van der Waals surface area contributed by atoms with Crippen LogP contribution >= 0.6 is 11.6 Å². The average molecular weight is 440 g/mol. The maximum absolute atomic E-state index is 10.5. The molecule has 1 unspecified atom stereocenters. The molecule has 3 aromatic carbocycles. The van der Waals surface area contributed by atoms with Crippen molar-refractivity contribution in [3.05, 3.63) is 81.9 Å². The van der Waals surface area contributed by atoms with Gasteiger partial charge in [-0.25, -0.2) is 0 Å². The van der Waals surface area contributed by atoms with Crippen LogP contribution in [0.15, 0.2) is 54.6 Å². The summed E-state index contributed by atoms with van der Waals surface area (Å²) in [5.74, 6) is 2.28. The molecule has 1 N–H and O–H groups in total. The monoisotopic (exact) mass is 439 g/mol. The molecule has 5 nitrogen and oxygen atoms in total. The van der Waals surface area contributed by atoms with Crippen LogP contribution in [0.4, 0.5) is 0 Å². The van der Waals surface area contributed by atoms with Crippen LogP contribution in [0.3, 0.4) is 0 Å². The van der Waals surface area contributed by atoms with Gasteiger partial charge in [0.1, 0.15) is 11.5 Å². The van der Waals surface area contributed by atoms with Crippen molar-refractivity contribution < 1.29 is 19.3 Å². The molecule has 0 spiro atoms. The number of hydrogen-bond acceptors (Lipinski definition) is 5. The van der Waals surface area contributed by atoms with E-state index >= 15 is 0 Å². The van der Waals surface area contributed by atoms with Crippen molar-refractivity contribution in [2.24, 2.45) is 0 Å². The van der Waals surface area contributed by atoms with Crippen molar-refractivity contribution in [1.82, 2.24) is 4.90 Å². The first-order valence-corrected chi connectivity index (χ1v) is 10.5. The van der Waals surface area contributed by atoms with Crippen LogP contribution in [0.2, 0.25) is 5.02 Å². The number of fused-ring (bicyclic) bond motifs is 1. The second-order valence-corrected chi connectivity index (χ2v) is 8.02. The molecular formula is C25H26ClNO4. The summed E-state index contributed by atoms with van der Waals surface area (Å²) in [6.45, 7) is 1.41. The van der Waals surface area contributed by atoms with Crippen LogP contribution in [-0.2, 0) is 13.0 Å². The number of rotatable bonds is 6. The minimum atomic E-state index is -0.0382. The smallest absolute Gasteiger partial charge is 0.161 e. The number of nitrogens with zero attached hydrogens (tertiary/aromatic N) is 1. The summed E-state index contributed by atoms with van der Waals surface area (Å²) in [7, 11) is 4.89. The first kappa shape index (κ1) is 21.3. The molecule has 3 aromatic rings. The number of methoxy groups -OCH3 is 3. The summed E-state index contributed by atoms with van der Waals surface area (Å²) in [6, 6.07) is 17.4. The Balaban J connectivity index is 1.79. The fourth-order valence-electron chi connectivity index (χ4n) is 4.26. The lowest BCUT2D eigenvalue weighted by Gasteiger charge is -2.38. The van der Waals surface area contributed by atoms with Gasteiger partial charge in [0, 0.05) is 29.7 Å². The van der Waals surface area contributed by atoms with Crippen molar-refractivity contribution in [3.63, 3.8) is 0 Å². The predicted molar refractivity (Wildman–Crippen MR) is 122 cm³/mol. The van der Waals surface area contributed by atoms with Gasteiger partial charge in [-0.05, 0) is 53.4 Å². The molecule has 0 bridgehead atoms. The van der Waals surface area contributed by atoms with Gasteiger partial charge in [-0.15, -0.1) is 0 Å². The van der Waals surface area contributed by atoms with Crippen molar-refractivity contribution in [1.29, 1.82) is 0 Å². The first-order chi connectivity index (χ1) is 15.0. The lowest BCUT2D eigenvalue weighted by molar-refractivity contribution is 0.201. The maximum Gasteiger partial charge on any atom is 0.161 e. The van der Waals surface area contributed by atoms with Crippen LogP contribution in [-0.4, -0.2) is 37.9 Å². The predicted octanol–water partition coefficient (Wildman–Crippen LogP) is 5.22. The Morgan fingerprint density at radius 2 is 1.74 bits per heavy atom. The molecule has 1 aliphatic heterocycles. The highest BCUT2D eigenvalue weighted by Crippen LogP contribution is 2.42. The molecule has 0 radical (unpaired) electrons. The minimum absolute atomic E-state index is 0.0382. The van der Waals surface area contributed by atoms with E-state index < -0.39 is 0 Å². The van der Waals surface area contributed by atoms with Crippen molar-refractivity contribution in [2.45, 2.75) is 19.0 Å². The summed E-state index contributed by atoms with van der Waals surface area (Å²) in [4.78, 5) is 2.35. The summed E-state index contributed by atoms with van der Waals surface area (Å²) in [5, 5.41) is 11.2. The molecule has 0 amide bonds. The van der Waals surface area contributed by atoms with Crippen molar-refractivity contribution >= 4 is 11.6 Å². The third-order valence-electron chi connectivity index (χ3n) is 5.80. The van der Waals surface area contributed by atoms with E-state index in [9.17, 15) is 5.11 Å². The van der Waals surface area contributed by atoms with E-state index in [2.05, 4.69) is 23.1 Å². The lowest BCUT2D eigenvalue weighted by atomic mass is 9.87. The topological polar surface area (TPSA) is 51.2 Å². The molecule has 0 saturated carbocycles. The Bertz CT molecular complexity index is 1090. The van der Waals surface area contributed by atoms with Gasteiger partial charge in [-0.1, -0.05) is 29.8 Å². The molecule has 4 rings (SSSR count). The molecule has 0 saturated heterocycles. The Labute approximate surface area is 187 Å². The summed E-state index contributed by atoms with van der Waals surface area (Å²) < 4.78 is 16.3. The summed E-state index contributed by atoms with van der Waals surface area (Å²) in [6.07, 6.45) is 0.865. The molecule has 162 valence electrons. The Morgan fingerprint density at radius 3 is 2.42 bits per heavy atom. The fourth-order valence-corrected chi connectivity index (χ4v) is 4.46. The number of benzene rings is 3. The van der Waals surface area contributed by atoms with E-state index in [1.807, 2.05) is 30.3 Å². The summed E-state index contributed by atoms with van der Waals surface area (Å²) in [5.41, 5.74) is 4.31. The molecule has 0 fully saturated rings. The van der Waals surface area contributed by atoms with Crippen molar-refractivity contribution in [2.75, 3.05) is 27.9 Å². The molecule has 6 heteroatoms. The minimum Gasteiger partial charge on any atom is -0.507 e. The lowest BCUT2D eigenvalue weighted by Crippen LogP contribution is -2.35. The second kappa shape index (κ2) is 9.08. The Morgan fingerprint density at radius 1 is 0.968 bits per heavy atom. The standard InChI is InChI=1S/C25H26ClNO4/c1-29-20-8-7-18(22(28)13-20)15-27-10-9-16-12-23(30-2)24(31-3)14-21(16)25(27)17-5-4-6-19(26)11-17/h4-8,11-14,25,28H,9-10,15H2,1-3H3. The number of hydrogen-bond donors (Lipinski definition) is 1. The zero-order chi connectivity index (χ0) is 22.0. The third-order valence-corrected chi connectivity index (χ3v) is 6.04. The SMILES string of the molecule is COc1ccc(CN2CCc3cc(OC)c(OC)cc3C2c2cccc(Cl)c2)c(O)c1. The van der Waals surface area contributed by atoms with E-state index in [-0.39, 0.29) is 11.8 Å². The summed E-state index contributed by atoms with van der Waals surface area (Å²) >= 11 is 6.35. The normalized spacial score (nSPS) is 15.9. The number of phenolic OH excluding ortho intramolecular Hbond substituents is 1. The zero-order valence-corrected chi connectivity index (χ0v) is 18.6. The van der Waals surface area contributed by atoms with Gasteiger partial charge >= 0.3 is 0 Å². The van der Waals surface area contributed by atoms with Crippen LogP contribution in [0.25, 0.3) is 0 Å². The van der Waals surface area contributed by atoms with Gasteiger partial charge in [-0.3, -0.25) is 4.90 Å². The highest BCUT2D eigenvalue weighted by molar-refractivity contribution is 6.30. The largest absolute Gasteiger partial charge is 0.507 e. The number of aromatic hydroxyl groups is 1. The third kappa shape index (κ3) is 4.29. The van der Waals surface area contributed by atoms with Gasteiger partial charge in [0.05, 0.1) is 27.4 Å². The van der Waals surface area contributed by atoms with Gasteiger partial charge in [0.15, 0.2) is 11.5 Å². The number of ether oxygens (including phenoxy) is 3. The van der Waals surface area contributed by atoms with E-state index in [0.717, 1.165) is 35.4 Å². The van der Waals surface area contributed by atoms with E-state index in [0.29, 0.717) is 23.1 Å². The van der Waals surface area contributed by atoms with Gasteiger partial charge in [-0.2, -0.15) is 0 Å². The van der Waals surface area contributed by atoms with E-state index in [1.54, 1.807) is 27.4 Å². The van der Waals surface area contributed by atoms with Crippen LogP contribution < -0.4 is 14.2 Å². The molecule has 1 atom stereocenters. The van der Waals surface area contributed by atoms with E-state index in [1.165, 1.54) is 5.56 Å². The molecule has 31 heavy (non-hydrogen) atoms. The quantitative estimate of drug-likeness (QED) is 0.570. The zero-order valence-electron chi connectivity index (χ0n) is 17.9.